The molecule has 2 aromatic carbocycles. The van der Waals surface area contributed by atoms with Gasteiger partial charge in [-0.25, -0.2) is 19.4 Å². The van der Waals surface area contributed by atoms with Crippen LogP contribution in [0.2, 0.25) is 0 Å². The first-order valence-corrected chi connectivity index (χ1v) is 13.9. The monoisotopic (exact) mass is 494 g/mol. The van der Waals surface area contributed by atoms with Gasteiger partial charge in [-0.05, 0) is 74.2 Å². The first kappa shape index (κ1) is 26.1. The Labute approximate surface area is 206 Å². The maximum absolute atomic E-state index is 13.5. The predicted molar refractivity (Wildman–Crippen MR) is 147 cm³/mol. The van der Waals surface area contributed by atoms with Gasteiger partial charge in [-0.1, -0.05) is 37.6 Å². The van der Waals surface area contributed by atoms with Crippen LogP contribution in [0.1, 0.15) is 26.3 Å². The summed E-state index contributed by atoms with van der Waals surface area (Å²) in [7, 11) is -2.33. The minimum absolute atomic E-state index is 0.303. The Morgan fingerprint density at radius 3 is 2.54 bits per heavy atom. The summed E-state index contributed by atoms with van der Waals surface area (Å²) in [5.74, 6) is 1.11. The number of allylic oxidation sites excluding steroid dienone is 1. The molecule has 35 heavy (non-hydrogen) atoms. The molecule has 0 amide bonds. The molecule has 1 aliphatic heterocycles. The van der Waals surface area contributed by atoms with E-state index in [4.69, 9.17) is 0 Å². The first-order chi connectivity index (χ1) is 16.6. The van der Waals surface area contributed by atoms with Crippen LogP contribution in [0.5, 0.6) is 0 Å². The molecule has 3 N–H and O–H groups in total. The largest absolute Gasteiger partial charge is 0.345 e. The van der Waals surface area contributed by atoms with Crippen LogP contribution in [0, 0.1) is 11.7 Å². The molecule has 3 rings (SSSR count). The summed E-state index contributed by atoms with van der Waals surface area (Å²) in [6.45, 7) is 9.73. The van der Waals surface area contributed by atoms with Crippen molar-refractivity contribution < 1.29 is 8.96 Å². The summed E-state index contributed by atoms with van der Waals surface area (Å²) in [6, 6.07) is 13.7. The lowest BCUT2D eigenvalue weighted by Crippen LogP contribution is -2.45. The number of aliphatic imine (C=N–C) groups is 3. The lowest BCUT2D eigenvalue weighted by Gasteiger charge is -2.21. The molecule has 0 fully saturated rings. The number of nitrogens with zero attached hydrogens (tertiary/aromatic N) is 3. The van der Waals surface area contributed by atoms with Gasteiger partial charge in [-0.2, -0.15) is 0 Å². The summed E-state index contributed by atoms with van der Waals surface area (Å²) in [5.41, 5.74) is 2.66. The Hall–Kier alpha value is -3.51. The smallest absolute Gasteiger partial charge is 0.219 e. The molecule has 0 aliphatic carbocycles. The highest BCUT2D eigenvalue weighted by Crippen LogP contribution is 2.34. The highest BCUT2D eigenvalue weighted by Gasteiger charge is 2.16. The minimum atomic E-state index is -2.33. The summed E-state index contributed by atoms with van der Waals surface area (Å²) in [6.07, 6.45) is 6.27. The van der Waals surface area contributed by atoms with E-state index in [1.54, 1.807) is 44.1 Å². The number of guanidine groups is 1. The number of nitrogens with one attached hydrogen (secondary N) is 3. The van der Waals surface area contributed by atoms with E-state index in [0.717, 1.165) is 16.6 Å². The van der Waals surface area contributed by atoms with E-state index in [1.165, 1.54) is 12.1 Å². The SMILES string of the molecule is CC(=CN=CNC1=NC(Nc2ccc(P(C)(C)=O)cc2)N=C(/C=C/c2cccc(F)c2)N1)C(C)C. The van der Waals surface area contributed by atoms with E-state index in [-0.39, 0.29) is 5.82 Å². The van der Waals surface area contributed by atoms with Gasteiger partial charge in [0.2, 0.25) is 12.2 Å². The van der Waals surface area contributed by atoms with Crippen LogP contribution in [-0.2, 0) is 4.57 Å². The molecular formula is C26H32FN6OP. The summed E-state index contributed by atoms with van der Waals surface area (Å²) >= 11 is 0. The summed E-state index contributed by atoms with van der Waals surface area (Å²) in [4.78, 5) is 13.4. The molecule has 0 saturated heterocycles. The normalized spacial score (nSPS) is 16.9. The number of hydrogen-bond acceptors (Lipinski definition) is 6. The molecule has 0 aromatic heterocycles. The standard InChI is InChI=1S/C26H32FN6OP/c1-18(2)19(3)16-28-17-29-25-31-24(14-9-20-7-6-8-21(27)15-20)32-26(33-25)30-22-10-12-23(13-11-22)35(4,5)34/h6-18,26,30H,1-5H3,(H2,28,29,31,32,33)/b14-9+,19-16?. The maximum Gasteiger partial charge on any atom is 0.219 e. The fourth-order valence-electron chi connectivity index (χ4n) is 2.94. The highest BCUT2D eigenvalue weighted by molar-refractivity contribution is 7.70. The van der Waals surface area contributed by atoms with Gasteiger partial charge < -0.3 is 20.5 Å². The third kappa shape index (κ3) is 8.34. The van der Waals surface area contributed by atoms with E-state index in [1.807, 2.05) is 37.3 Å². The molecule has 0 radical (unpaired) electrons. The van der Waals surface area contributed by atoms with Crippen LogP contribution in [0.4, 0.5) is 10.1 Å². The van der Waals surface area contributed by atoms with Gasteiger partial charge in [0, 0.05) is 17.2 Å². The second kappa shape index (κ2) is 11.8. The molecule has 1 heterocycles. The van der Waals surface area contributed by atoms with E-state index < -0.39 is 13.4 Å². The fourth-order valence-corrected chi connectivity index (χ4v) is 3.81. The molecule has 1 unspecified atom stereocenters. The highest BCUT2D eigenvalue weighted by atomic mass is 31.2. The van der Waals surface area contributed by atoms with Crippen molar-refractivity contribution in [2.45, 2.75) is 27.1 Å². The molecule has 0 saturated carbocycles. The van der Waals surface area contributed by atoms with Gasteiger partial charge in [0.15, 0.2) is 0 Å². The average Bonchev–Trinajstić information content (AvgIpc) is 2.80. The third-order valence-electron chi connectivity index (χ3n) is 5.29. The van der Waals surface area contributed by atoms with Crippen LogP contribution in [0.25, 0.3) is 6.08 Å². The minimum Gasteiger partial charge on any atom is -0.345 e. The summed E-state index contributed by atoms with van der Waals surface area (Å²) < 4.78 is 25.8. The Kier molecular flexibility index (Phi) is 8.77. The lowest BCUT2D eigenvalue weighted by molar-refractivity contribution is 0.588. The Bertz CT molecular complexity index is 1220. The Morgan fingerprint density at radius 1 is 1.14 bits per heavy atom. The fraction of sp³-hybridized carbons (Fsp3) is 0.269. The van der Waals surface area contributed by atoms with Gasteiger partial charge in [0.1, 0.15) is 18.8 Å². The number of rotatable bonds is 8. The quantitative estimate of drug-likeness (QED) is 0.273. The molecule has 9 heteroatoms. The molecular weight excluding hydrogens is 462 g/mol. The van der Waals surface area contributed by atoms with Gasteiger partial charge in [-0.3, -0.25) is 0 Å². The zero-order chi connectivity index (χ0) is 25.4. The molecule has 2 aromatic rings. The Morgan fingerprint density at radius 2 is 1.89 bits per heavy atom. The number of benzene rings is 2. The van der Waals surface area contributed by atoms with Crippen LogP contribution in [0.15, 0.2) is 81.4 Å². The predicted octanol–water partition coefficient (Wildman–Crippen LogP) is 5.02. The van der Waals surface area contributed by atoms with Crippen molar-refractivity contribution in [3.63, 3.8) is 0 Å². The van der Waals surface area contributed by atoms with Crippen LogP contribution < -0.4 is 21.3 Å². The van der Waals surface area contributed by atoms with Crippen molar-refractivity contribution in [2.75, 3.05) is 18.6 Å². The number of hydrogen-bond donors (Lipinski definition) is 3. The van der Waals surface area contributed by atoms with Crippen molar-refractivity contribution in [3.05, 3.63) is 77.8 Å². The molecule has 1 atom stereocenters. The van der Waals surface area contributed by atoms with E-state index in [9.17, 15) is 8.96 Å². The lowest BCUT2D eigenvalue weighted by atomic mass is 10.1. The molecule has 0 spiro atoms. The van der Waals surface area contributed by atoms with Crippen LogP contribution in [-0.4, -0.2) is 37.8 Å². The van der Waals surface area contributed by atoms with Crippen molar-refractivity contribution >= 4 is 42.3 Å². The van der Waals surface area contributed by atoms with Crippen LogP contribution >= 0.6 is 7.14 Å². The molecule has 0 bridgehead atoms. The van der Waals surface area contributed by atoms with Crippen molar-refractivity contribution in [2.24, 2.45) is 20.9 Å². The van der Waals surface area contributed by atoms with Crippen molar-refractivity contribution in [1.82, 2.24) is 10.6 Å². The second-order valence-electron chi connectivity index (χ2n) is 8.87. The molecule has 184 valence electrons. The molecule has 7 nitrogen and oxygen atoms in total. The second-order valence-corrected chi connectivity index (χ2v) is 12.1. The average molecular weight is 495 g/mol. The van der Waals surface area contributed by atoms with Gasteiger partial charge in [0.05, 0.1) is 6.34 Å². The summed E-state index contributed by atoms with van der Waals surface area (Å²) in [5, 5.41) is 10.2. The zero-order valence-corrected chi connectivity index (χ0v) is 21.6. The number of anilines is 1. The number of amidine groups is 1. The van der Waals surface area contributed by atoms with E-state index in [0.29, 0.717) is 23.3 Å². The van der Waals surface area contributed by atoms with Crippen LogP contribution in [0.3, 0.4) is 0 Å². The third-order valence-corrected chi connectivity index (χ3v) is 6.83. The van der Waals surface area contributed by atoms with Gasteiger partial charge in [-0.15, -0.1) is 0 Å². The van der Waals surface area contributed by atoms with Gasteiger partial charge >= 0.3 is 0 Å². The maximum atomic E-state index is 13.5. The van der Waals surface area contributed by atoms with E-state index >= 15 is 0 Å². The topological polar surface area (TPSA) is 90.2 Å². The zero-order valence-electron chi connectivity index (χ0n) is 20.7. The molecule has 1 aliphatic rings. The van der Waals surface area contributed by atoms with Crippen molar-refractivity contribution in [1.29, 1.82) is 0 Å². The van der Waals surface area contributed by atoms with Gasteiger partial charge in [0.25, 0.3) is 0 Å². The first-order valence-electron chi connectivity index (χ1n) is 11.3. The van der Waals surface area contributed by atoms with E-state index in [2.05, 4.69) is 44.8 Å². The Balaban J connectivity index is 1.79. The van der Waals surface area contributed by atoms with Crippen molar-refractivity contribution in [3.8, 4) is 0 Å². The number of halogens is 1.